The van der Waals surface area contributed by atoms with Gasteiger partial charge in [0, 0.05) is 16.5 Å². The monoisotopic (exact) mass is 591 g/mol. The second-order valence-electron chi connectivity index (χ2n) is 8.91. The fraction of sp³-hybridized carbons (Fsp3) is 0.0323. The van der Waals surface area contributed by atoms with Crippen LogP contribution in [0, 0.1) is 0 Å². The van der Waals surface area contributed by atoms with Gasteiger partial charge in [0.2, 0.25) is 5.13 Å². The second-order valence-corrected chi connectivity index (χ2v) is 10.7. The third kappa shape index (κ3) is 5.64. The van der Waals surface area contributed by atoms with Crippen LogP contribution in [0.25, 0.3) is 11.3 Å². The number of amides is 1. The van der Waals surface area contributed by atoms with Gasteiger partial charge in [0.1, 0.15) is 5.71 Å². The molecule has 0 bridgehead atoms. The topological polar surface area (TPSA) is 113 Å². The van der Waals surface area contributed by atoms with Crippen molar-refractivity contribution >= 4 is 62.6 Å². The molecule has 0 atom stereocenters. The van der Waals surface area contributed by atoms with Gasteiger partial charge in [-0.3, -0.25) is 15.0 Å². The van der Waals surface area contributed by atoms with E-state index in [1.54, 1.807) is 54.6 Å². The summed E-state index contributed by atoms with van der Waals surface area (Å²) in [6.07, 6.45) is 0. The summed E-state index contributed by atoms with van der Waals surface area (Å²) in [4.78, 5) is 44.3. The number of nitrogens with zero attached hydrogens (tertiary/aromatic N) is 4. The molecule has 2 aromatic heterocycles. The first-order chi connectivity index (χ1) is 20.6. The van der Waals surface area contributed by atoms with Crippen molar-refractivity contribution in [3.05, 3.63) is 124 Å². The molecular weight excluding hydrogens is 571 g/mol. The maximum atomic E-state index is 13.6. The molecule has 206 valence electrons. The molecule has 1 amide bonds. The first-order valence-electron chi connectivity index (χ1n) is 12.7. The van der Waals surface area contributed by atoms with Gasteiger partial charge in [-0.2, -0.15) is 15.2 Å². The minimum Gasteiger partial charge on any atom is -0.454 e. The van der Waals surface area contributed by atoms with Gasteiger partial charge in [-0.15, -0.1) is 22.7 Å². The third-order valence-electron chi connectivity index (χ3n) is 6.18. The molecule has 1 N–H and O–H groups in total. The van der Waals surface area contributed by atoms with Crippen molar-refractivity contribution < 1.29 is 19.1 Å². The Labute approximate surface area is 248 Å². The Morgan fingerprint density at radius 3 is 2.38 bits per heavy atom. The van der Waals surface area contributed by atoms with Gasteiger partial charge in [0.15, 0.2) is 18.1 Å². The summed E-state index contributed by atoms with van der Waals surface area (Å²) in [5.41, 5.74) is 5.87. The number of para-hydroxylation sites is 1. The van der Waals surface area contributed by atoms with E-state index in [4.69, 9.17) is 4.74 Å². The van der Waals surface area contributed by atoms with Gasteiger partial charge in [-0.25, -0.2) is 9.78 Å². The smallest absolute Gasteiger partial charge is 0.340 e. The van der Waals surface area contributed by atoms with Crippen LogP contribution in [0.3, 0.4) is 0 Å². The number of thiazole rings is 1. The van der Waals surface area contributed by atoms with E-state index in [-0.39, 0.29) is 17.1 Å². The number of hydrogen-bond donors (Lipinski definition) is 1. The summed E-state index contributed by atoms with van der Waals surface area (Å²) in [6.45, 7) is -0.410. The maximum Gasteiger partial charge on any atom is 0.340 e. The summed E-state index contributed by atoms with van der Waals surface area (Å²) in [6, 6.07) is 28.5. The van der Waals surface area contributed by atoms with E-state index >= 15 is 0 Å². The number of carbonyl (C=O) groups is 3. The zero-order chi connectivity index (χ0) is 28.9. The van der Waals surface area contributed by atoms with Gasteiger partial charge in [0.25, 0.3) is 0 Å². The molecule has 11 heteroatoms. The van der Waals surface area contributed by atoms with Crippen LogP contribution < -0.4 is 10.4 Å². The van der Waals surface area contributed by atoms with Crippen LogP contribution in [0.4, 0.5) is 10.8 Å². The highest BCUT2D eigenvalue weighted by Crippen LogP contribution is 2.31. The number of carbonyl (C=O) groups excluding carboxylic acids is 3. The average Bonchev–Trinajstić information content (AvgIpc) is 3.81. The summed E-state index contributed by atoms with van der Waals surface area (Å²) < 4.78 is 5.29. The van der Waals surface area contributed by atoms with E-state index in [1.165, 1.54) is 27.7 Å². The standard InChI is InChI=1S/C31H21N5O4S2/c37-25(21-12-5-2-6-13-21)18-40-30(39)22-14-7-8-15-23(22)33-34-28-27(26-16-9-17-41-26)35-36(29(28)38)31-32-24(19-42-31)20-10-3-1-4-11-20/h1-17,19,33H,18H2/b34-28+. The van der Waals surface area contributed by atoms with E-state index in [0.29, 0.717) is 22.1 Å². The molecule has 0 saturated heterocycles. The maximum absolute atomic E-state index is 13.6. The van der Waals surface area contributed by atoms with Crippen molar-refractivity contribution in [1.29, 1.82) is 0 Å². The number of benzene rings is 3. The van der Waals surface area contributed by atoms with Crippen LogP contribution in [0.5, 0.6) is 0 Å². The molecule has 0 saturated carbocycles. The molecule has 0 unspecified atom stereocenters. The molecule has 1 aliphatic rings. The first kappa shape index (κ1) is 26.9. The summed E-state index contributed by atoms with van der Waals surface area (Å²) in [5, 5.41) is 14.4. The van der Waals surface area contributed by atoms with Gasteiger partial charge >= 0.3 is 11.9 Å². The lowest BCUT2D eigenvalue weighted by atomic mass is 10.1. The van der Waals surface area contributed by atoms with Gasteiger partial charge in [0.05, 0.1) is 21.8 Å². The third-order valence-corrected chi connectivity index (χ3v) is 7.87. The van der Waals surface area contributed by atoms with Gasteiger partial charge in [-0.1, -0.05) is 78.9 Å². The quantitative estimate of drug-likeness (QED) is 0.125. The molecule has 0 radical (unpaired) electrons. The largest absolute Gasteiger partial charge is 0.454 e. The fourth-order valence-corrected chi connectivity index (χ4v) is 5.59. The molecule has 5 aromatic rings. The minimum atomic E-state index is -0.703. The van der Waals surface area contributed by atoms with Crippen molar-refractivity contribution in [1.82, 2.24) is 4.98 Å². The number of nitrogens with one attached hydrogen (secondary N) is 1. The van der Waals surface area contributed by atoms with Crippen LogP contribution in [0.15, 0.2) is 118 Å². The van der Waals surface area contributed by atoms with Crippen molar-refractivity contribution in [2.45, 2.75) is 0 Å². The number of hydrogen-bond acceptors (Lipinski definition) is 10. The molecule has 1 aliphatic heterocycles. The van der Waals surface area contributed by atoms with Crippen molar-refractivity contribution in [3.63, 3.8) is 0 Å². The Hall–Kier alpha value is -5.26. The van der Waals surface area contributed by atoms with Crippen LogP contribution in [0.2, 0.25) is 0 Å². The molecule has 0 aliphatic carbocycles. The highest BCUT2D eigenvalue weighted by Gasteiger charge is 2.36. The minimum absolute atomic E-state index is 0.0661. The number of ether oxygens (including phenoxy) is 1. The zero-order valence-corrected chi connectivity index (χ0v) is 23.5. The Morgan fingerprint density at radius 2 is 1.62 bits per heavy atom. The van der Waals surface area contributed by atoms with Crippen molar-refractivity contribution in [3.8, 4) is 11.3 Å². The van der Waals surface area contributed by atoms with Crippen molar-refractivity contribution in [2.75, 3.05) is 17.0 Å². The van der Waals surface area contributed by atoms with Crippen molar-refractivity contribution in [2.24, 2.45) is 10.2 Å². The number of ketones is 1. The predicted octanol–water partition coefficient (Wildman–Crippen LogP) is 6.13. The highest BCUT2D eigenvalue weighted by molar-refractivity contribution is 7.15. The molecular formula is C31H21N5O4S2. The number of esters is 1. The van der Waals surface area contributed by atoms with Gasteiger partial charge in [-0.05, 0) is 23.6 Å². The lowest BCUT2D eigenvalue weighted by Crippen LogP contribution is -2.28. The lowest BCUT2D eigenvalue weighted by Gasteiger charge is -2.10. The summed E-state index contributed by atoms with van der Waals surface area (Å²) in [7, 11) is 0. The number of hydrazone groups is 2. The van der Waals surface area contributed by atoms with E-state index < -0.39 is 18.5 Å². The van der Waals surface area contributed by atoms with Crippen LogP contribution in [-0.4, -0.2) is 40.7 Å². The zero-order valence-electron chi connectivity index (χ0n) is 21.8. The second kappa shape index (κ2) is 12.1. The molecule has 0 spiro atoms. The van der Waals surface area contributed by atoms with Crippen LogP contribution in [-0.2, 0) is 9.53 Å². The van der Waals surface area contributed by atoms with E-state index in [9.17, 15) is 14.4 Å². The molecule has 42 heavy (non-hydrogen) atoms. The predicted molar refractivity (Wildman–Crippen MR) is 164 cm³/mol. The van der Waals surface area contributed by atoms with E-state index in [1.807, 2.05) is 53.2 Å². The molecule has 6 rings (SSSR count). The lowest BCUT2D eigenvalue weighted by molar-refractivity contribution is -0.112. The Kier molecular flexibility index (Phi) is 7.75. The number of thiophene rings is 1. The molecule has 0 fully saturated rings. The SMILES string of the molecule is O=C(COC(=O)c1ccccc1N/N=C1/C(=O)N(c2nc(-c3ccccc3)cs2)N=C1c1cccs1)c1ccccc1. The first-order valence-corrected chi connectivity index (χ1v) is 14.5. The van der Waals surface area contributed by atoms with Crippen LogP contribution >= 0.6 is 22.7 Å². The summed E-state index contributed by atoms with van der Waals surface area (Å²) >= 11 is 2.72. The normalized spacial score (nSPS) is 13.7. The van der Waals surface area contributed by atoms with E-state index in [2.05, 4.69) is 20.6 Å². The number of aromatic nitrogens is 1. The summed E-state index contributed by atoms with van der Waals surface area (Å²) in [5.74, 6) is -1.49. The molecule has 3 aromatic carbocycles. The number of rotatable bonds is 9. The number of Topliss-reactive ketones (excluding diaryl/α,β-unsaturated/α-hetero) is 1. The fourth-order valence-electron chi connectivity index (χ4n) is 4.10. The Bertz CT molecular complexity index is 1820. The average molecular weight is 592 g/mol. The number of anilines is 2. The molecule has 3 heterocycles. The van der Waals surface area contributed by atoms with Gasteiger partial charge < -0.3 is 4.74 Å². The Morgan fingerprint density at radius 1 is 0.881 bits per heavy atom. The van der Waals surface area contributed by atoms with Crippen LogP contribution in [0.1, 0.15) is 25.6 Å². The molecule has 9 nitrogen and oxygen atoms in total. The highest BCUT2D eigenvalue weighted by atomic mass is 32.1. The Balaban J connectivity index is 1.24. The van der Waals surface area contributed by atoms with E-state index in [0.717, 1.165) is 16.1 Å².